The van der Waals surface area contributed by atoms with Crippen molar-refractivity contribution in [2.24, 2.45) is 11.8 Å². The first-order valence-electron chi connectivity index (χ1n) is 8.34. The van der Waals surface area contributed by atoms with Crippen LogP contribution < -0.4 is 10.6 Å². The van der Waals surface area contributed by atoms with Gasteiger partial charge in [0.2, 0.25) is 11.8 Å². The first kappa shape index (κ1) is 16.2. The molecule has 4 nitrogen and oxygen atoms in total. The molecule has 3 rings (SSSR count). The first-order valence-corrected chi connectivity index (χ1v) is 8.34. The summed E-state index contributed by atoms with van der Waals surface area (Å²) in [5, 5.41) is 5.78. The number of rotatable bonds is 5. The Balaban J connectivity index is 1.53. The van der Waals surface area contributed by atoms with Gasteiger partial charge in [-0.05, 0) is 55.2 Å². The van der Waals surface area contributed by atoms with E-state index < -0.39 is 0 Å². The molecule has 1 aliphatic rings. The Hall–Kier alpha value is -2.62. The van der Waals surface area contributed by atoms with Crippen molar-refractivity contribution in [1.82, 2.24) is 0 Å². The van der Waals surface area contributed by atoms with Crippen molar-refractivity contribution in [3.8, 4) is 0 Å². The number of benzene rings is 2. The lowest BCUT2D eigenvalue weighted by atomic mass is 10.1. The third-order valence-corrected chi connectivity index (χ3v) is 4.38. The lowest BCUT2D eigenvalue weighted by Gasteiger charge is -2.07. The van der Waals surface area contributed by atoms with Crippen molar-refractivity contribution in [2.75, 3.05) is 10.6 Å². The van der Waals surface area contributed by atoms with Gasteiger partial charge in [0.25, 0.3) is 0 Å². The maximum atomic E-state index is 12.3. The SMILES string of the molecule is CCc1ccc(NC(=O)C2CC2C(=O)Nc2cccc(C)c2)cc1. The summed E-state index contributed by atoms with van der Waals surface area (Å²) in [6, 6.07) is 15.5. The van der Waals surface area contributed by atoms with Crippen molar-refractivity contribution < 1.29 is 9.59 Å². The van der Waals surface area contributed by atoms with Crippen molar-refractivity contribution in [3.05, 3.63) is 59.7 Å². The van der Waals surface area contributed by atoms with Crippen LogP contribution in [0.5, 0.6) is 0 Å². The summed E-state index contributed by atoms with van der Waals surface area (Å²) in [4.78, 5) is 24.5. The highest BCUT2D eigenvalue weighted by molar-refractivity contribution is 6.03. The minimum Gasteiger partial charge on any atom is -0.326 e. The van der Waals surface area contributed by atoms with Crippen LogP contribution in [-0.2, 0) is 16.0 Å². The Morgan fingerprint density at radius 2 is 1.58 bits per heavy atom. The smallest absolute Gasteiger partial charge is 0.228 e. The van der Waals surface area contributed by atoms with Crippen molar-refractivity contribution in [3.63, 3.8) is 0 Å². The van der Waals surface area contributed by atoms with E-state index in [9.17, 15) is 9.59 Å². The van der Waals surface area contributed by atoms with Gasteiger partial charge in [0.1, 0.15) is 0 Å². The molecule has 1 aliphatic carbocycles. The summed E-state index contributed by atoms with van der Waals surface area (Å²) in [5.41, 5.74) is 3.88. The third-order valence-electron chi connectivity index (χ3n) is 4.38. The molecule has 1 fully saturated rings. The van der Waals surface area contributed by atoms with E-state index in [0.717, 1.165) is 23.4 Å². The molecule has 24 heavy (non-hydrogen) atoms. The monoisotopic (exact) mass is 322 g/mol. The molecule has 2 aromatic rings. The fraction of sp³-hybridized carbons (Fsp3) is 0.300. The van der Waals surface area contributed by atoms with E-state index in [1.54, 1.807) is 0 Å². The van der Waals surface area contributed by atoms with Crippen LogP contribution in [0.1, 0.15) is 24.5 Å². The van der Waals surface area contributed by atoms with Crippen LogP contribution in [0.3, 0.4) is 0 Å². The van der Waals surface area contributed by atoms with Crippen molar-refractivity contribution in [1.29, 1.82) is 0 Å². The first-order chi connectivity index (χ1) is 11.6. The van der Waals surface area contributed by atoms with Gasteiger partial charge >= 0.3 is 0 Å². The molecule has 0 saturated heterocycles. The Bertz CT molecular complexity index is 752. The second-order valence-corrected chi connectivity index (χ2v) is 6.35. The van der Waals surface area contributed by atoms with Crippen LogP contribution in [0.2, 0.25) is 0 Å². The van der Waals surface area contributed by atoms with Crippen LogP contribution in [-0.4, -0.2) is 11.8 Å². The zero-order valence-electron chi connectivity index (χ0n) is 14.0. The van der Waals surface area contributed by atoms with E-state index in [4.69, 9.17) is 0 Å². The maximum absolute atomic E-state index is 12.3. The Labute approximate surface area is 142 Å². The lowest BCUT2D eigenvalue weighted by Crippen LogP contribution is -2.20. The number of amides is 2. The number of carbonyl (C=O) groups is 2. The summed E-state index contributed by atoms with van der Waals surface area (Å²) < 4.78 is 0. The fourth-order valence-electron chi connectivity index (χ4n) is 2.79. The molecule has 0 radical (unpaired) electrons. The van der Waals surface area contributed by atoms with Gasteiger partial charge in [0.15, 0.2) is 0 Å². The number of aryl methyl sites for hydroxylation is 2. The molecule has 2 aromatic carbocycles. The minimum absolute atomic E-state index is 0.0800. The average Bonchev–Trinajstić information content (AvgIpc) is 3.36. The summed E-state index contributed by atoms with van der Waals surface area (Å²) in [5.74, 6) is -0.633. The molecule has 0 aliphatic heterocycles. The lowest BCUT2D eigenvalue weighted by molar-refractivity contribution is -0.122. The molecule has 2 unspecified atom stereocenters. The number of anilines is 2. The topological polar surface area (TPSA) is 58.2 Å². The van der Waals surface area contributed by atoms with Gasteiger partial charge in [0.05, 0.1) is 11.8 Å². The fourth-order valence-corrected chi connectivity index (χ4v) is 2.79. The Kier molecular flexibility index (Phi) is 4.65. The van der Waals surface area contributed by atoms with Crippen LogP contribution in [0.15, 0.2) is 48.5 Å². The standard InChI is InChI=1S/C20H22N2O2/c1-3-14-7-9-15(10-8-14)21-19(23)17-12-18(17)20(24)22-16-6-4-5-13(2)11-16/h4-11,17-18H,3,12H2,1-2H3,(H,21,23)(H,22,24). The van der Waals surface area contributed by atoms with Crippen molar-refractivity contribution >= 4 is 23.2 Å². The molecule has 0 spiro atoms. The molecule has 0 aromatic heterocycles. The minimum atomic E-state index is -0.236. The van der Waals surface area contributed by atoms with E-state index >= 15 is 0 Å². The molecular formula is C20H22N2O2. The van der Waals surface area contributed by atoms with Gasteiger partial charge in [-0.2, -0.15) is 0 Å². The Morgan fingerprint density at radius 3 is 2.17 bits per heavy atom. The van der Waals surface area contributed by atoms with Gasteiger partial charge in [-0.3, -0.25) is 9.59 Å². The predicted octanol–water partition coefficient (Wildman–Crippen LogP) is 3.77. The second kappa shape index (κ2) is 6.87. The van der Waals surface area contributed by atoms with E-state index in [0.29, 0.717) is 6.42 Å². The zero-order valence-corrected chi connectivity index (χ0v) is 14.0. The highest BCUT2D eigenvalue weighted by Gasteiger charge is 2.48. The van der Waals surface area contributed by atoms with Gasteiger partial charge in [-0.25, -0.2) is 0 Å². The summed E-state index contributed by atoms with van der Waals surface area (Å²) in [6.07, 6.45) is 1.58. The van der Waals surface area contributed by atoms with Gasteiger partial charge in [0, 0.05) is 11.4 Å². The highest BCUT2D eigenvalue weighted by atomic mass is 16.2. The predicted molar refractivity (Wildman–Crippen MR) is 95.9 cm³/mol. The number of nitrogens with one attached hydrogen (secondary N) is 2. The average molecular weight is 322 g/mol. The molecule has 1 saturated carbocycles. The molecule has 2 amide bonds. The number of hydrogen-bond acceptors (Lipinski definition) is 2. The summed E-state index contributed by atoms with van der Waals surface area (Å²) >= 11 is 0. The molecule has 0 heterocycles. The van der Waals surface area contributed by atoms with E-state index in [1.807, 2.05) is 55.5 Å². The molecule has 2 atom stereocenters. The highest BCUT2D eigenvalue weighted by Crippen LogP contribution is 2.40. The Morgan fingerprint density at radius 1 is 0.958 bits per heavy atom. The van der Waals surface area contributed by atoms with Crippen LogP contribution in [0.4, 0.5) is 11.4 Å². The summed E-state index contributed by atoms with van der Waals surface area (Å²) in [7, 11) is 0. The molecule has 2 N–H and O–H groups in total. The van der Waals surface area contributed by atoms with E-state index in [1.165, 1.54) is 5.56 Å². The van der Waals surface area contributed by atoms with Gasteiger partial charge in [-0.15, -0.1) is 0 Å². The van der Waals surface area contributed by atoms with Crippen LogP contribution >= 0.6 is 0 Å². The summed E-state index contributed by atoms with van der Waals surface area (Å²) in [6.45, 7) is 4.07. The number of carbonyl (C=O) groups excluding carboxylic acids is 2. The zero-order chi connectivity index (χ0) is 17.1. The molecule has 0 bridgehead atoms. The van der Waals surface area contributed by atoms with Gasteiger partial charge in [-0.1, -0.05) is 31.2 Å². The maximum Gasteiger partial charge on any atom is 0.228 e. The largest absolute Gasteiger partial charge is 0.326 e. The number of hydrogen-bond donors (Lipinski definition) is 2. The van der Waals surface area contributed by atoms with Crippen molar-refractivity contribution in [2.45, 2.75) is 26.7 Å². The molecule has 124 valence electrons. The third kappa shape index (κ3) is 3.82. The van der Waals surface area contributed by atoms with Crippen LogP contribution in [0, 0.1) is 18.8 Å². The normalized spacial score (nSPS) is 18.8. The van der Waals surface area contributed by atoms with Gasteiger partial charge < -0.3 is 10.6 Å². The second-order valence-electron chi connectivity index (χ2n) is 6.35. The van der Waals surface area contributed by atoms with E-state index in [-0.39, 0.29) is 23.7 Å². The molecular weight excluding hydrogens is 300 g/mol. The quantitative estimate of drug-likeness (QED) is 0.880. The van der Waals surface area contributed by atoms with E-state index in [2.05, 4.69) is 17.6 Å². The van der Waals surface area contributed by atoms with Crippen LogP contribution in [0.25, 0.3) is 0 Å². The molecule has 4 heteroatoms.